The lowest BCUT2D eigenvalue weighted by molar-refractivity contribution is -0.141. The fourth-order valence-electron chi connectivity index (χ4n) is 3.33. The summed E-state index contributed by atoms with van der Waals surface area (Å²) in [5, 5.41) is 14.4. The van der Waals surface area contributed by atoms with Crippen molar-refractivity contribution < 1.29 is 29.0 Å². The molecule has 0 heterocycles. The summed E-state index contributed by atoms with van der Waals surface area (Å²) in [7, 11) is 1.18. The van der Waals surface area contributed by atoms with Gasteiger partial charge in [-0.2, -0.15) is 0 Å². The molecule has 8 heteroatoms. The number of carbonyl (C=O) groups excluding carboxylic acids is 3. The maximum atomic E-state index is 12.0. The zero-order valence-electron chi connectivity index (χ0n) is 24.6. The average molecular weight is 569 g/mol. The Hall–Kier alpha value is -3.94. The molecule has 0 radical (unpaired) electrons. The molecule has 0 aliphatic carbocycles. The van der Waals surface area contributed by atoms with Gasteiger partial charge in [-0.1, -0.05) is 79.8 Å². The summed E-state index contributed by atoms with van der Waals surface area (Å²) >= 11 is 0. The molecule has 0 aliphatic heterocycles. The van der Waals surface area contributed by atoms with Gasteiger partial charge in [-0.3, -0.25) is 9.59 Å². The standard InChI is InChI=1S/C33H48N2O6/c1-3-4-5-6-7-8-9-10-11-12-13-14-15-16-17-18-19-20-21-25-30(36)34-28-23-22-24-29(33(39)40)35-31(37)26-27-32(38)41-2/h4-5,7-8,10-11,13-14,16-17,19-20,26-27,29H,3,6,9,12,15,18,21-25,28H2,1-2H3,(H,34,36)(H,35,37)(H,39,40). The Balaban J connectivity index is 3.85. The van der Waals surface area contributed by atoms with E-state index in [2.05, 4.69) is 83.1 Å². The van der Waals surface area contributed by atoms with E-state index >= 15 is 0 Å². The first-order valence-corrected chi connectivity index (χ1v) is 14.4. The monoisotopic (exact) mass is 568 g/mol. The van der Waals surface area contributed by atoms with Crippen molar-refractivity contribution in [1.82, 2.24) is 10.6 Å². The van der Waals surface area contributed by atoms with Crippen LogP contribution in [0.5, 0.6) is 0 Å². The predicted octanol–water partition coefficient (Wildman–Crippen LogP) is 6.05. The largest absolute Gasteiger partial charge is 0.480 e. The van der Waals surface area contributed by atoms with E-state index in [0.717, 1.165) is 50.7 Å². The Morgan fingerprint density at radius 2 is 1.24 bits per heavy atom. The van der Waals surface area contributed by atoms with E-state index in [4.69, 9.17) is 0 Å². The van der Waals surface area contributed by atoms with Crippen LogP contribution in [0.25, 0.3) is 0 Å². The van der Waals surface area contributed by atoms with Crippen LogP contribution in [0.3, 0.4) is 0 Å². The molecule has 0 aromatic rings. The minimum Gasteiger partial charge on any atom is -0.480 e. The van der Waals surface area contributed by atoms with Crippen molar-refractivity contribution in [3.8, 4) is 0 Å². The van der Waals surface area contributed by atoms with E-state index in [1.807, 2.05) is 12.2 Å². The molecule has 8 nitrogen and oxygen atoms in total. The van der Waals surface area contributed by atoms with Crippen molar-refractivity contribution in [2.75, 3.05) is 13.7 Å². The first-order valence-electron chi connectivity index (χ1n) is 14.4. The Labute approximate surface area is 245 Å². The van der Waals surface area contributed by atoms with Crippen LogP contribution >= 0.6 is 0 Å². The number of hydrogen-bond donors (Lipinski definition) is 3. The summed E-state index contributed by atoms with van der Waals surface area (Å²) in [6.45, 7) is 2.57. The molecule has 1 atom stereocenters. The first-order chi connectivity index (χ1) is 19.9. The summed E-state index contributed by atoms with van der Waals surface area (Å²) in [5.41, 5.74) is 0. The number of ether oxygens (including phenoxy) is 1. The van der Waals surface area contributed by atoms with Crippen molar-refractivity contribution in [3.05, 3.63) is 85.1 Å². The number of aliphatic carboxylic acids is 1. The third kappa shape index (κ3) is 26.1. The zero-order chi connectivity index (χ0) is 30.4. The van der Waals surface area contributed by atoms with E-state index in [1.165, 1.54) is 7.11 Å². The van der Waals surface area contributed by atoms with Gasteiger partial charge in [0.25, 0.3) is 0 Å². The molecule has 2 amide bonds. The highest BCUT2D eigenvalue weighted by Crippen LogP contribution is 2.02. The Kier molecular flexibility index (Phi) is 25.0. The summed E-state index contributed by atoms with van der Waals surface area (Å²) < 4.78 is 4.38. The van der Waals surface area contributed by atoms with Crippen LogP contribution in [-0.2, 0) is 23.9 Å². The quantitative estimate of drug-likeness (QED) is 0.0597. The lowest BCUT2D eigenvalue weighted by atomic mass is 10.1. The second-order valence-electron chi connectivity index (χ2n) is 9.06. The number of carboxylic acid groups (broad SMARTS) is 1. The number of allylic oxidation sites excluding steroid dienone is 12. The van der Waals surface area contributed by atoms with Gasteiger partial charge in [0, 0.05) is 25.1 Å². The van der Waals surface area contributed by atoms with Crippen LogP contribution in [0.4, 0.5) is 0 Å². The molecule has 0 spiro atoms. The van der Waals surface area contributed by atoms with Gasteiger partial charge < -0.3 is 20.5 Å². The number of unbranched alkanes of at least 4 members (excludes halogenated alkanes) is 1. The van der Waals surface area contributed by atoms with Gasteiger partial charge in [0.2, 0.25) is 11.8 Å². The molecule has 0 aromatic carbocycles. The number of amides is 2. The highest BCUT2D eigenvalue weighted by atomic mass is 16.5. The third-order valence-electron chi connectivity index (χ3n) is 5.56. The second kappa shape index (κ2) is 27.6. The van der Waals surface area contributed by atoms with Crippen molar-refractivity contribution >= 4 is 23.8 Å². The van der Waals surface area contributed by atoms with Crippen LogP contribution < -0.4 is 10.6 Å². The number of carboxylic acids is 1. The summed E-state index contributed by atoms with van der Waals surface area (Å²) in [5.74, 6) is -2.61. The van der Waals surface area contributed by atoms with E-state index in [1.54, 1.807) is 0 Å². The molecule has 0 saturated carbocycles. The fraction of sp³-hybridized carbons (Fsp3) is 0.455. The van der Waals surface area contributed by atoms with E-state index in [0.29, 0.717) is 32.2 Å². The van der Waals surface area contributed by atoms with Gasteiger partial charge in [-0.25, -0.2) is 9.59 Å². The molecule has 41 heavy (non-hydrogen) atoms. The Bertz CT molecular complexity index is 957. The van der Waals surface area contributed by atoms with Crippen LogP contribution in [0.2, 0.25) is 0 Å². The van der Waals surface area contributed by atoms with Gasteiger partial charge >= 0.3 is 11.9 Å². The molecule has 3 N–H and O–H groups in total. The maximum absolute atomic E-state index is 12.0. The van der Waals surface area contributed by atoms with Gasteiger partial charge in [-0.05, 0) is 64.2 Å². The fourth-order valence-corrected chi connectivity index (χ4v) is 3.33. The smallest absolute Gasteiger partial charge is 0.330 e. The van der Waals surface area contributed by atoms with Gasteiger partial charge in [0.1, 0.15) is 6.04 Å². The van der Waals surface area contributed by atoms with Crippen LogP contribution in [-0.4, -0.2) is 48.6 Å². The van der Waals surface area contributed by atoms with Crippen LogP contribution in [0, 0.1) is 0 Å². The second-order valence-corrected chi connectivity index (χ2v) is 9.06. The molecule has 226 valence electrons. The third-order valence-corrected chi connectivity index (χ3v) is 5.56. The van der Waals surface area contributed by atoms with E-state index < -0.39 is 23.9 Å². The highest BCUT2D eigenvalue weighted by Gasteiger charge is 2.18. The molecule has 0 fully saturated rings. The topological polar surface area (TPSA) is 122 Å². The Morgan fingerprint density at radius 1 is 0.732 bits per heavy atom. The first kappa shape index (κ1) is 37.1. The summed E-state index contributed by atoms with van der Waals surface area (Å²) in [6, 6.07) is -1.08. The predicted molar refractivity (Wildman–Crippen MR) is 165 cm³/mol. The minimum atomic E-state index is -1.16. The molecular formula is C33H48N2O6. The average Bonchev–Trinajstić information content (AvgIpc) is 2.96. The number of nitrogens with one attached hydrogen (secondary N) is 2. The maximum Gasteiger partial charge on any atom is 0.330 e. The van der Waals surface area contributed by atoms with Crippen LogP contribution in [0.15, 0.2) is 85.1 Å². The van der Waals surface area contributed by atoms with Gasteiger partial charge in [0.15, 0.2) is 0 Å². The normalized spacial score (nSPS) is 13.0. The number of rotatable bonds is 23. The lowest BCUT2D eigenvalue weighted by Crippen LogP contribution is -2.40. The summed E-state index contributed by atoms with van der Waals surface area (Å²) in [6.07, 6.45) is 35.6. The SMILES string of the molecule is CCC=CCC=CCC=CCC=CCC=CCC=CCCC(=O)NCCCCC(NC(=O)C=CC(=O)OC)C(=O)O. The molecule has 0 saturated heterocycles. The highest BCUT2D eigenvalue weighted by molar-refractivity contribution is 5.96. The molecular weight excluding hydrogens is 520 g/mol. The number of esters is 1. The number of carbonyl (C=O) groups is 4. The summed E-state index contributed by atoms with van der Waals surface area (Å²) in [4.78, 5) is 46.0. The molecule has 1 unspecified atom stereocenters. The van der Waals surface area contributed by atoms with Crippen molar-refractivity contribution in [1.29, 1.82) is 0 Å². The Morgan fingerprint density at radius 3 is 1.73 bits per heavy atom. The molecule has 0 aromatic heterocycles. The molecule has 0 rings (SSSR count). The van der Waals surface area contributed by atoms with Crippen molar-refractivity contribution in [3.63, 3.8) is 0 Å². The van der Waals surface area contributed by atoms with Crippen molar-refractivity contribution in [2.45, 2.75) is 83.6 Å². The lowest BCUT2D eigenvalue weighted by Gasteiger charge is -2.13. The number of methoxy groups -OCH3 is 1. The van der Waals surface area contributed by atoms with Gasteiger partial charge in [0.05, 0.1) is 7.11 Å². The molecule has 0 aliphatic rings. The van der Waals surface area contributed by atoms with E-state index in [9.17, 15) is 24.3 Å². The molecule has 0 bridgehead atoms. The minimum absolute atomic E-state index is 0.0550. The van der Waals surface area contributed by atoms with Crippen LogP contribution in [0.1, 0.15) is 77.6 Å². The number of hydrogen-bond acceptors (Lipinski definition) is 5. The van der Waals surface area contributed by atoms with Gasteiger partial charge in [-0.15, -0.1) is 0 Å². The van der Waals surface area contributed by atoms with Crippen molar-refractivity contribution in [2.24, 2.45) is 0 Å². The van der Waals surface area contributed by atoms with E-state index in [-0.39, 0.29) is 12.3 Å². The zero-order valence-corrected chi connectivity index (χ0v) is 24.6.